The molecule has 9 aromatic carbocycles. The van der Waals surface area contributed by atoms with Crippen LogP contribution in [0.1, 0.15) is 307 Å². The van der Waals surface area contributed by atoms with Gasteiger partial charge in [-0.15, -0.1) is 0 Å². The maximum Gasteiger partial charge on any atom is 0.338 e. The van der Waals surface area contributed by atoms with Gasteiger partial charge in [-0.05, 0) is 379 Å². The lowest BCUT2D eigenvalue weighted by atomic mass is 9.70. The van der Waals surface area contributed by atoms with Crippen molar-refractivity contribution in [2.45, 2.75) is 271 Å². The second-order valence-corrected chi connectivity index (χ2v) is 36.9. The minimum absolute atomic E-state index is 0.0297. The van der Waals surface area contributed by atoms with Gasteiger partial charge in [0.25, 0.3) is 0 Å². The molecule has 0 heterocycles. The molecule has 6 fully saturated rings. The molecule has 18 heteroatoms. The number of anilines is 10. The summed E-state index contributed by atoms with van der Waals surface area (Å²) in [4.78, 5) is 50.0. The Morgan fingerprint density at radius 3 is 1.04 bits per heavy atom. The van der Waals surface area contributed by atoms with Crippen LogP contribution in [0.4, 0.5) is 56.9 Å². The molecule has 0 aromatic heterocycles. The number of Topliss-reactive ketones (excluding diaryl/α,β-unsaturated/α-hetero) is 3. The van der Waals surface area contributed by atoms with Crippen LogP contribution in [0, 0.1) is 47.3 Å². The molecule has 20 N–H and O–H groups in total. The first-order valence-corrected chi connectivity index (χ1v) is 47.2. The third-order valence-electron chi connectivity index (χ3n) is 27.9. The summed E-state index contributed by atoms with van der Waals surface area (Å²) < 4.78 is 23.6. The number of hydrogen-bond donors (Lipinski definition) is 10. The average molecular weight is 1710 g/mol. The van der Waals surface area contributed by atoms with Crippen LogP contribution in [0.3, 0.4) is 0 Å². The Kier molecular flexibility index (Phi) is 36.5. The molecule has 0 aliphatic heterocycles. The number of hydrogen-bond acceptors (Lipinski definition) is 18. The predicted molar refractivity (Wildman–Crippen MR) is 520 cm³/mol. The zero-order valence-electron chi connectivity index (χ0n) is 75.7. The summed E-state index contributed by atoms with van der Waals surface area (Å²) in [7, 11) is 0. The molecule has 0 radical (unpaired) electrons. The van der Waals surface area contributed by atoms with E-state index in [0.717, 1.165) is 100 Å². The lowest BCUT2D eigenvalue weighted by Gasteiger charge is -2.37. The molecule has 18 nitrogen and oxygen atoms in total. The summed E-state index contributed by atoms with van der Waals surface area (Å²) in [6.07, 6.45) is 38.2. The maximum atomic E-state index is 12.7. The number of ether oxygens (including phenoxy) is 4. The molecule has 6 saturated carbocycles. The van der Waals surface area contributed by atoms with Crippen molar-refractivity contribution in [1.29, 1.82) is 0 Å². The van der Waals surface area contributed by atoms with Gasteiger partial charge in [0.1, 0.15) is 30.0 Å². The smallest absolute Gasteiger partial charge is 0.338 e. The molecule has 0 amide bonds. The molecule has 0 spiro atoms. The summed E-state index contributed by atoms with van der Waals surface area (Å²) in [6, 6.07) is 57.3. The molecule has 6 aliphatic rings. The number of ketones is 3. The van der Waals surface area contributed by atoms with E-state index in [2.05, 4.69) is 64.1 Å². The highest BCUT2D eigenvalue weighted by Gasteiger charge is 2.34. The van der Waals surface area contributed by atoms with E-state index in [1.807, 2.05) is 48.5 Å². The Balaban J connectivity index is 0.000000153. The number of carbonyl (C=O) groups is 4. The summed E-state index contributed by atoms with van der Waals surface area (Å²) >= 11 is 0. The third-order valence-corrected chi connectivity index (χ3v) is 27.9. The van der Waals surface area contributed by atoms with E-state index in [-0.39, 0.29) is 42.3 Å². The largest absolute Gasteiger partial charge is 0.489 e. The van der Waals surface area contributed by atoms with Crippen LogP contribution in [0.2, 0.25) is 0 Å². The van der Waals surface area contributed by atoms with Crippen LogP contribution in [0.5, 0.6) is 17.2 Å². The first-order valence-electron chi connectivity index (χ1n) is 47.2. The van der Waals surface area contributed by atoms with Crippen LogP contribution < -0.4 is 66.8 Å². The second-order valence-electron chi connectivity index (χ2n) is 36.9. The quantitative estimate of drug-likeness (QED) is 0.0137. The fourth-order valence-electron chi connectivity index (χ4n) is 20.1. The molecule has 0 bridgehead atoms. The van der Waals surface area contributed by atoms with Gasteiger partial charge >= 0.3 is 5.97 Å². The number of carbonyl (C=O) groups excluding carboxylic acids is 4. The van der Waals surface area contributed by atoms with Crippen molar-refractivity contribution < 1.29 is 38.1 Å². The average Bonchev–Trinajstić information content (AvgIpc) is 0.865. The van der Waals surface area contributed by atoms with Gasteiger partial charge in [0.15, 0.2) is 17.3 Å². The SMILES string of the molecule is CCC(=O)c1cc(CC(=O)c2ccc(N)cc2)cc(CC(=O)c2ccc(N)cc2)c1.CCC1CCC(C2CCC(OC(=O)c3cc(N)cc(N)c3)CC2)CC1.CCC1CCC(C2CCC(OCc3cc(N)cc(N)c3)CC2)CC1.CCC1CCC(c2ccc(OCc3cc(N)cc(N)c3)cc2)CC1.CCC1CCC(c2ccc(Oc3ccc(N)cc3N)cc2)CC1. The zero-order chi connectivity index (χ0) is 89.6. The van der Waals surface area contributed by atoms with Crippen LogP contribution >= 0.6 is 0 Å². The van der Waals surface area contributed by atoms with E-state index in [0.29, 0.717) is 116 Å². The van der Waals surface area contributed by atoms with E-state index in [4.69, 9.17) is 76.3 Å². The number of benzene rings is 9. The topological polar surface area (TPSA) is 365 Å². The van der Waals surface area contributed by atoms with Crippen LogP contribution in [0.25, 0.3) is 0 Å². The van der Waals surface area contributed by atoms with Gasteiger partial charge < -0.3 is 76.3 Å². The Labute approximate surface area is 750 Å². The summed E-state index contributed by atoms with van der Waals surface area (Å²) in [5.74, 6) is 10.8. The van der Waals surface area contributed by atoms with Gasteiger partial charge in [-0.2, -0.15) is 0 Å². The van der Waals surface area contributed by atoms with E-state index in [9.17, 15) is 19.2 Å². The van der Waals surface area contributed by atoms with Crippen molar-refractivity contribution in [2.24, 2.45) is 47.3 Å². The molecule has 0 atom stereocenters. The molecule has 15 rings (SSSR count). The first kappa shape index (κ1) is 95.7. The number of nitrogen functional groups attached to an aromatic ring is 10. The summed E-state index contributed by atoms with van der Waals surface area (Å²) in [5, 5.41) is 0. The number of esters is 1. The second kappa shape index (κ2) is 48.1. The molecule has 9 aromatic rings. The summed E-state index contributed by atoms with van der Waals surface area (Å²) in [6.45, 7) is 12.2. The molecular formula is C108H144N10O8. The standard InChI is InChI=1S/C25H24N2O3.C21H32N2O2.C21H34N2O.C21H28N2O.C20H26N2O/c1-2-23(28)20-12-16(14-24(29)18-3-7-21(26)8-4-18)11-17(13-20)15-25(30)19-5-9-22(27)10-6-19;1-2-14-3-5-15(6-4-14)16-7-9-20(10-8-16)25-21(24)17-11-18(22)13-19(23)12-17;2*1-2-15-3-5-17(6-4-15)18-7-9-21(10-8-18)24-14-16-11-19(22)13-20(23)12-16;1-2-14-3-5-15(6-4-14)16-7-10-18(11-8-16)23-20-12-9-17(21)13-19(20)22/h3-13H,2,14-15,26-27H2,1H3;11-16,20H,2-10,22-23H2,1H3;11-13,15,17-18,21H,2-10,14,22-23H2,1H3;7-13,15,17H,2-6,14,22-23H2,1H3;7-15H,2-6,21-22H2,1H3. The highest BCUT2D eigenvalue weighted by atomic mass is 16.5. The number of nitrogens with two attached hydrogens (primary N) is 10. The molecule has 674 valence electrons. The van der Waals surface area contributed by atoms with Gasteiger partial charge in [0.05, 0.1) is 24.0 Å². The van der Waals surface area contributed by atoms with Gasteiger partial charge in [-0.25, -0.2) is 4.79 Å². The van der Waals surface area contributed by atoms with Gasteiger partial charge in [0.2, 0.25) is 0 Å². The Hall–Kier alpha value is -11.0. The van der Waals surface area contributed by atoms with Crippen LogP contribution in [-0.4, -0.2) is 35.5 Å². The van der Waals surface area contributed by atoms with Gasteiger partial charge in [-0.1, -0.05) is 116 Å². The highest BCUT2D eigenvalue weighted by Crippen LogP contribution is 2.45. The number of rotatable bonds is 26. The Bertz CT molecular complexity index is 4750. The lowest BCUT2D eigenvalue weighted by molar-refractivity contribution is -0.00275. The van der Waals surface area contributed by atoms with E-state index >= 15 is 0 Å². The molecule has 0 unspecified atom stereocenters. The highest BCUT2D eigenvalue weighted by molar-refractivity contribution is 6.01. The van der Waals surface area contributed by atoms with E-state index in [1.165, 1.54) is 178 Å². The maximum absolute atomic E-state index is 12.7. The Morgan fingerprint density at radius 1 is 0.294 bits per heavy atom. The molecule has 126 heavy (non-hydrogen) atoms. The van der Waals surface area contributed by atoms with E-state index in [1.54, 1.807) is 110 Å². The van der Waals surface area contributed by atoms with Crippen molar-refractivity contribution in [3.05, 3.63) is 244 Å². The van der Waals surface area contributed by atoms with Crippen molar-refractivity contribution in [2.75, 3.05) is 57.3 Å². The minimum Gasteiger partial charge on any atom is -0.489 e. The van der Waals surface area contributed by atoms with Crippen LogP contribution in [0.15, 0.2) is 188 Å². The predicted octanol–water partition coefficient (Wildman–Crippen LogP) is 24.7. The third kappa shape index (κ3) is 29.8. The summed E-state index contributed by atoms with van der Waals surface area (Å²) in [5.41, 5.74) is 72.5. The van der Waals surface area contributed by atoms with Crippen molar-refractivity contribution in [1.82, 2.24) is 0 Å². The molecule has 0 saturated heterocycles. The minimum atomic E-state index is -0.300. The lowest BCUT2D eigenvalue weighted by Crippen LogP contribution is -2.29. The van der Waals surface area contributed by atoms with Crippen molar-refractivity contribution in [3.8, 4) is 17.2 Å². The molecular weight excluding hydrogens is 1570 g/mol. The van der Waals surface area contributed by atoms with Gasteiger partial charge in [0, 0.05) is 87.1 Å². The van der Waals surface area contributed by atoms with Gasteiger partial charge in [-0.3, -0.25) is 14.4 Å². The zero-order valence-corrected chi connectivity index (χ0v) is 75.7. The fourth-order valence-corrected chi connectivity index (χ4v) is 20.1. The molecule has 6 aliphatic carbocycles. The monoisotopic (exact) mass is 1710 g/mol. The van der Waals surface area contributed by atoms with E-state index < -0.39 is 0 Å². The van der Waals surface area contributed by atoms with Crippen molar-refractivity contribution in [3.63, 3.8) is 0 Å². The fraction of sp³-hybridized carbons (Fsp3) is 0.463. The Morgan fingerprint density at radius 2 is 0.651 bits per heavy atom. The van der Waals surface area contributed by atoms with Crippen molar-refractivity contribution >= 4 is 80.2 Å². The first-order chi connectivity index (χ1) is 60.8. The normalized spacial score (nSPS) is 22.2. The van der Waals surface area contributed by atoms with Crippen LogP contribution in [-0.2, 0) is 35.5 Å².